The molecule has 1 aromatic carbocycles. The molecule has 1 heterocycles. The number of nitrogens with zero attached hydrogens (tertiary/aromatic N) is 2. The zero-order valence-corrected chi connectivity index (χ0v) is 14.8. The Kier molecular flexibility index (Phi) is 4.87. The van der Waals surface area contributed by atoms with E-state index in [2.05, 4.69) is 72.4 Å². The number of ether oxygens (including phenoxy) is 1. The lowest BCUT2D eigenvalue weighted by Crippen LogP contribution is -2.40. The topological polar surface area (TPSA) is 53.9 Å². The summed E-state index contributed by atoms with van der Waals surface area (Å²) in [5.74, 6) is 0.548. The molecule has 0 spiro atoms. The molecule has 1 aliphatic rings. The maximum absolute atomic E-state index is 11.2. The summed E-state index contributed by atoms with van der Waals surface area (Å²) in [5, 5.41) is 2.62. The Morgan fingerprint density at radius 1 is 1.53 bits per heavy atom. The number of halogens is 2. The molecule has 1 unspecified atom stereocenters. The van der Waals surface area contributed by atoms with Gasteiger partial charge in [-0.15, -0.1) is 0 Å². The molecule has 0 saturated carbocycles. The lowest BCUT2D eigenvalue weighted by molar-refractivity contribution is 0.175. The number of methoxy groups -OCH3 is 1. The van der Waals surface area contributed by atoms with Crippen LogP contribution in [0.2, 0.25) is 0 Å². The Morgan fingerprint density at radius 2 is 2.26 bits per heavy atom. The third-order valence-electron chi connectivity index (χ3n) is 2.96. The summed E-state index contributed by atoms with van der Waals surface area (Å²) < 4.78 is 7.03. The Morgan fingerprint density at radius 3 is 2.95 bits per heavy atom. The first-order valence-corrected chi connectivity index (χ1v) is 7.76. The number of likely N-dealkylation sites (N-methyl/N-ethyl adjacent to an activating group) is 1. The molecule has 1 aliphatic heterocycles. The van der Waals surface area contributed by atoms with Gasteiger partial charge < -0.3 is 9.64 Å². The number of amides is 1. The number of guanidine groups is 1. The van der Waals surface area contributed by atoms with Crippen molar-refractivity contribution >= 4 is 57.2 Å². The largest absolute Gasteiger partial charge is 0.453 e. The summed E-state index contributed by atoms with van der Waals surface area (Å²) in [6, 6.07) is 6.37. The number of benzene rings is 1. The van der Waals surface area contributed by atoms with Crippen LogP contribution in [0.25, 0.3) is 0 Å². The van der Waals surface area contributed by atoms with Crippen molar-refractivity contribution in [1.82, 2.24) is 10.2 Å². The summed E-state index contributed by atoms with van der Waals surface area (Å²) in [6.07, 6.45) is -0.497. The number of aliphatic imine (C=N–C) groups is 1. The lowest BCUT2D eigenvalue weighted by atomic mass is 10.1. The molecule has 19 heavy (non-hydrogen) atoms. The molecular weight excluding hydrogens is 472 g/mol. The number of hydrogen-bond donors (Lipinski definition) is 1. The second-order valence-corrected chi connectivity index (χ2v) is 6.29. The molecule has 2 rings (SSSR count). The smallest absolute Gasteiger partial charge is 0.413 e. The van der Waals surface area contributed by atoms with Crippen LogP contribution in [-0.4, -0.2) is 37.7 Å². The predicted molar refractivity (Wildman–Crippen MR) is 90.2 cm³/mol. The van der Waals surface area contributed by atoms with Gasteiger partial charge in [-0.05, 0) is 56.8 Å². The van der Waals surface area contributed by atoms with Crippen molar-refractivity contribution in [2.24, 2.45) is 4.99 Å². The van der Waals surface area contributed by atoms with Crippen LogP contribution in [0.5, 0.6) is 0 Å². The van der Waals surface area contributed by atoms with Crippen molar-refractivity contribution in [1.29, 1.82) is 0 Å². The SMILES string of the molecule is COC(=O)NC1=NCC(c2cccc(I)c2I)N1C. The summed E-state index contributed by atoms with van der Waals surface area (Å²) in [7, 11) is 3.26. The van der Waals surface area contributed by atoms with Crippen LogP contribution in [0.15, 0.2) is 23.2 Å². The molecule has 1 aromatic rings. The van der Waals surface area contributed by atoms with Crippen LogP contribution in [0.4, 0.5) is 4.79 Å². The van der Waals surface area contributed by atoms with E-state index in [9.17, 15) is 4.79 Å². The van der Waals surface area contributed by atoms with Crippen molar-refractivity contribution in [3.05, 3.63) is 30.9 Å². The maximum Gasteiger partial charge on any atom is 0.413 e. The lowest BCUT2D eigenvalue weighted by Gasteiger charge is -2.24. The molecule has 1 N–H and O–H groups in total. The first kappa shape index (κ1) is 14.8. The van der Waals surface area contributed by atoms with E-state index in [1.165, 1.54) is 19.8 Å². The molecule has 1 atom stereocenters. The van der Waals surface area contributed by atoms with E-state index >= 15 is 0 Å². The maximum atomic E-state index is 11.2. The monoisotopic (exact) mass is 485 g/mol. The predicted octanol–water partition coefficient (Wildman–Crippen LogP) is 2.59. The number of carbonyl (C=O) groups excluding carboxylic acids is 1. The Hall–Kier alpha value is -0.580. The highest BCUT2D eigenvalue weighted by Gasteiger charge is 2.28. The fraction of sp³-hybridized carbons (Fsp3) is 0.333. The Balaban J connectivity index is 2.18. The molecular formula is C12H13I2N3O2. The van der Waals surface area contributed by atoms with Crippen LogP contribution < -0.4 is 5.32 Å². The third kappa shape index (κ3) is 3.12. The molecule has 7 heteroatoms. The van der Waals surface area contributed by atoms with E-state index in [1.807, 2.05) is 18.0 Å². The average molecular weight is 485 g/mol. The zero-order valence-electron chi connectivity index (χ0n) is 10.5. The zero-order chi connectivity index (χ0) is 14.0. The van der Waals surface area contributed by atoms with Crippen LogP contribution in [0, 0.1) is 7.14 Å². The second kappa shape index (κ2) is 6.25. The van der Waals surface area contributed by atoms with E-state index in [0.717, 1.165) is 0 Å². The highest BCUT2D eigenvalue weighted by atomic mass is 127. The van der Waals surface area contributed by atoms with Crippen molar-refractivity contribution in [2.75, 3.05) is 20.7 Å². The minimum absolute atomic E-state index is 0.147. The standard InChI is InChI=1S/C12H13I2N3O2/c1-17-9(6-15-11(17)16-12(18)19-2)7-4-3-5-8(13)10(7)14/h3-5,9H,6H2,1-2H3,(H,15,16,18). The molecule has 0 aromatic heterocycles. The minimum Gasteiger partial charge on any atom is -0.453 e. The van der Waals surface area contributed by atoms with Gasteiger partial charge >= 0.3 is 6.09 Å². The first-order chi connectivity index (χ1) is 9.04. The van der Waals surface area contributed by atoms with E-state index in [1.54, 1.807) is 0 Å². The summed E-state index contributed by atoms with van der Waals surface area (Å²) >= 11 is 4.67. The normalized spacial score (nSPS) is 18.2. The quantitative estimate of drug-likeness (QED) is 0.623. The van der Waals surface area contributed by atoms with Gasteiger partial charge in [0.15, 0.2) is 0 Å². The van der Waals surface area contributed by atoms with Crippen LogP contribution >= 0.6 is 45.2 Å². The van der Waals surface area contributed by atoms with Crippen LogP contribution in [0.3, 0.4) is 0 Å². The highest BCUT2D eigenvalue weighted by Crippen LogP contribution is 2.30. The van der Waals surface area contributed by atoms with Crippen molar-refractivity contribution in [2.45, 2.75) is 6.04 Å². The number of rotatable bonds is 1. The minimum atomic E-state index is -0.497. The van der Waals surface area contributed by atoms with Gasteiger partial charge in [0.05, 0.1) is 19.7 Å². The summed E-state index contributed by atoms with van der Waals surface area (Å²) in [5.41, 5.74) is 1.22. The van der Waals surface area contributed by atoms with Crippen LogP contribution in [0.1, 0.15) is 11.6 Å². The van der Waals surface area contributed by atoms with Gasteiger partial charge in [0.1, 0.15) is 0 Å². The Bertz CT molecular complexity index is 534. The second-order valence-electron chi connectivity index (χ2n) is 4.05. The van der Waals surface area contributed by atoms with E-state index in [0.29, 0.717) is 12.5 Å². The van der Waals surface area contributed by atoms with E-state index in [-0.39, 0.29) is 6.04 Å². The molecule has 1 amide bonds. The molecule has 0 fully saturated rings. The number of carbonyl (C=O) groups is 1. The van der Waals surface area contributed by atoms with Gasteiger partial charge in [-0.3, -0.25) is 10.3 Å². The Labute approximate surface area is 139 Å². The van der Waals surface area contributed by atoms with Gasteiger partial charge in [-0.1, -0.05) is 12.1 Å². The van der Waals surface area contributed by atoms with E-state index in [4.69, 9.17) is 0 Å². The molecule has 0 radical (unpaired) electrons. The molecule has 0 saturated heterocycles. The fourth-order valence-corrected chi connectivity index (χ4v) is 3.15. The van der Waals surface area contributed by atoms with Gasteiger partial charge in [-0.25, -0.2) is 4.79 Å². The number of nitrogens with one attached hydrogen (secondary N) is 1. The molecule has 0 bridgehead atoms. The number of hydrogen-bond acceptors (Lipinski definition) is 4. The van der Waals surface area contributed by atoms with Crippen molar-refractivity contribution in [3.63, 3.8) is 0 Å². The van der Waals surface area contributed by atoms with Gasteiger partial charge in [0, 0.05) is 14.2 Å². The van der Waals surface area contributed by atoms with Gasteiger partial charge in [-0.2, -0.15) is 0 Å². The van der Waals surface area contributed by atoms with Gasteiger partial charge in [0.25, 0.3) is 0 Å². The van der Waals surface area contributed by atoms with E-state index < -0.39 is 6.09 Å². The summed E-state index contributed by atoms with van der Waals surface area (Å²) in [4.78, 5) is 17.6. The molecule has 0 aliphatic carbocycles. The summed E-state index contributed by atoms with van der Waals surface area (Å²) in [6.45, 7) is 0.631. The first-order valence-electron chi connectivity index (χ1n) is 5.60. The third-order valence-corrected chi connectivity index (χ3v) is 6.09. The number of alkyl carbamates (subject to hydrolysis) is 1. The van der Waals surface area contributed by atoms with Crippen molar-refractivity contribution < 1.29 is 9.53 Å². The fourth-order valence-electron chi connectivity index (χ4n) is 1.91. The van der Waals surface area contributed by atoms with Gasteiger partial charge in [0.2, 0.25) is 5.96 Å². The van der Waals surface area contributed by atoms with Crippen LogP contribution in [-0.2, 0) is 4.74 Å². The average Bonchev–Trinajstić information content (AvgIpc) is 2.74. The molecule has 5 nitrogen and oxygen atoms in total. The highest BCUT2D eigenvalue weighted by molar-refractivity contribution is 14.1. The van der Waals surface area contributed by atoms with Crippen molar-refractivity contribution in [3.8, 4) is 0 Å². The molecule has 102 valence electrons.